The van der Waals surface area contributed by atoms with Gasteiger partial charge in [-0.1, -0.05) is 123 Å². The van der Waals surface area contributed by atoms with Gasteiger partial charge in [0.05, 0.1) is 5.52 Å². The minimum atomic E-state index is -0.161. The van der Waals surface area contributed by atoms with Crippen molar-refractivity contribution in [2.24, 2.45) is 0 Å². The molecule has 6 aromatic rings. The zero-order valence-corrected chi connectivity index (χ0v) is 22.6. The minimum absolute atomic E-state index is 0.161. The highest BCUT2D eigenvalue weighted by molar-refractivity contribution is 6.01. The first-order valence-electron chi connectivity index (χ1n) is 14.0. The summed E-state index contributed by atoms with van der Waals surface area (Å²) in [5, 5.41) is 1.26. The van der Waals surface area contributed by atoms with E-state index in [1.807, 2.05) is 36.4 Å². The first kappa shape index (κ1) is 23.1. The lowest BCUT2D eigenvalue weighted by Crippen LogP contribution is -2.17. The van der Waals surface area contributed by atoms with Crippen molar-refractivity contribution in [2.45, 2.75) is 32.1 Å². The van der Waals surface area contributed by atoms with Crippen molar-refractivity contribution in [2.75, 3.05) is 0 Å². The maximum atomic E-state index is 5.17. The van der Waals surface area contributed by atoms with Gasteiger partial charge in [0.1, 0.15) is 0 Å². The number of aromatic nitrogens is 4. The van der Waals surface area contributed by atoms with Gasteiger partial charge in [0.15, 0.2) is 11.6 Å². The molecule has 0 saturated heterocycles. The van der Waals surface area contributed by atoms with E-state index < -0.39 is 0 Å². The largest absolute Gasteiger partial charge is 0.281 e. The molecule has 4 heteroatoms. The molecular weight excluding hydrogens is 488 g/mol. The second-order valence-electron chi connectivity index (χ2n) is 11.2. The van der Waals surface area contributed by atoms with Crippen LogP contribution in [0.3, 0.4) is 0 Å². The van der Waals surface area contributed by atoms with Crippen molar-refractivity contribution >= 4 is 17.0 Å². The number of benzene rings is 4. The number of nitrogens with zero attached hydrogens (tertiary/aromatic N) is 4. The molecule has 4 aromatic carbocycles. The monoisotopic (exact) mass is 516 g/mol. The van der Waals surface area contributed by atoms with Gasteiger partial charge in [0.25, 0.3) is 0 Å². The van der Waals surface area contributed by atoms with Crippen LogP contribution < -0.4 is 0 Å². The average molecular weight is 517 g/mol. The number of fused-ring (bicyclic) bond motifs is 7. The summed E-state index contributed by atoms with van der Waals surface area (Å²) >= 11 is 0. The van der Waals surface area contributed by atoms with Crippen molar-refractivity contribution in [1.82, 2.24) is 19.5 Å². The molecule has 0 amide bonds. The third-order valence-electron chi connectivity index (χ3n) is 8.51. The standard InChI is InChI=1S/C36H28N4/c1-36(2)29-19-11-9-17-25(29)27-21-22-28-26-18-10-12-20-30(26)40(32(28)31(27)36)35-38-33(23-13-5-3-6-14-23)37-34(39-35)24-15-7-4-8-16-24/h3-11,13-19,21-22H,12,20H2,1-2H3. The van der Waals surface area contributed by atoms with Crippen LogP contribution in [-0.4, -0.2) is 19.5 Å². The average Bonchev–Trinajstić information content (AvgIpc) is 3.47. The predicted molar refractivity (Wildman–Crippen MR) is 162 cm³/mol. The predicted octanol–water partition coefficient (Wildman–Crippen LogP) is 8.42. The summed E-state index contributed by atoms with van der Waals surface area (Å²) in [4.78, 5) is 15.3. The molecule has 2 aliphatic rings. The fourth-order valence-corrected chi connectivity index (χ4v) is 6.68. The maximum Gasteiger partial charge on any atom is 0.238 e. The van der Waals surface area contributed by atoms with Gasteiger partial charge in [-0.3, -0.25) is 4.57 Å². The Hall–Kier alpha value is -4.83. The van der Waals surface area contributed by atoms with E-state index in [1.165, 1.54) is 44.4 Å². The van der Waals surface area contributed by atoms with Gasteiger partial charge in [0.2, 0.25) is 5.95 Å². The lowest BCUT2D eigenvalue weighted by molar-refractivity contribution is 0.662. The Balaban J connectivity index is 1.49. The molecule has 0 atom stereocenters. The first-order valence-corrected chi connectivity index (χ1v) is 14.0. The lowest BCUT2D eigenvalue weighted by atomic mass is 9.81. The molecule has 4 nitrogen and oxygen atoms in total. The Kier molecular flexibility index (Phi) is 4.96. The van der Waals surface area contributed by atoms with Gasteiger partial charge in [-0.05, 0) is 35.1 Å². The van der Waals surface area contributed by atoms with Crippen LogP contribution in [0.15, 0.2) is 103 Å². The van der Waals surface area contributed by atoms with Crippen LogP contribution in [0.5, 0.6) is 0 Å². The van der Waals surface area contributed by atoms with Crippen molar-refractivity contribution in [3.05, 3.63) is 126 Å². The fraction of sp³-hybridized carbons (Fsp3) is 0.139. The van der Waals surface area contributed by atoms with Crippen LogP contribution in [0.25, 0.3) is 56.8 Å². The van der Waals surface area contributed by atoms with Crippen LogP contribution in [0.1, 0.15) is 42.7 Å². The van der Waals surface area contributed by atoms with E-state index in [9.17, 15) is 0 Å². The molecular formula is C36H28N4. The Morgan fingerprint density at radius 2 is 1.32 bits per heavy atom. The van der Waals surface area contributed by atoms with Crippen molar-refractivity contribution in [3.8, 4) is 39.9 Å². The molecule has 0 bridgehead atoms. The van der Waals surface area contributed by atoms with Gasteiger partial charge in [0, 0.05) is 33.2 Å². The quantitative estimate of drug-likeness (QED) is 0.237. The third kappa shape index (κ3) is 3.29. The lowest BCUT2D eigenvalue weighted by Gasteiger charge is -2.23. The summed E-state index contributed by atoms with van der Waals surface area (Å²) < 4.78 is 2.35. The zero-order valence-electron chi connectivity index (χ0n) is 22.6. The molecule has 0 N–H and O–H groups in total. The Labute approximate surface area is 233 Å². The summed E-state index contributed by atoms with van der Waals surface area (Å²) in [5.74, 6) is 2.04. The summed E-state index contributed by atoms with van der Waals surface area (Å²) in [6, 6.07) is 33.9. The molecule has 0 radical (unpaired) electrons. The van der Waals surface area contributed by atoms with Gasteiger partial charge in [-0.15, -0.1) is 0 Å². The summed E-state index contributed by atoms with van der Waals surface area (Å²) in [6.07, 6.45) is 6.51. The van der Waals surface area contributed by atoms with Gasteiger partial charge in [-0.25, -0.2) is 4.98 Å². The van der Waals surface area contributed by atoms with Crippen molar-refractivity contribution < 1.29 is 0 Å². The number of rotatable bonds is 3. The van der Waals surface area contributed by atoms with Crippen LogP contribution in [0, 0.1) is 0 Å². The Morgan fingerprint density at radius 3 is 2.02 bits per heavy atom. The number of hydrogen-bond acceptors (Lipinski definition) is 3. The molecule has 0 saturated carbocycles. The SMILES string of the molecule is CC1(C)c2ccccc2-c2ccc3c4c(n(-c5nc(-c6ccccc6)nc(-c6ccccc6)n5)c3c21)CCC=C4. The molecule has 40 heavy (non-hydrogen) atoms. The molecule has 2 aromatic heterocycles. The van der Waals surface area contributed by atoms with Crippen LogP contribution in [0.2, 0.25) is 0 Å². The normalized spacial score (nSPS) is 14.7. The first-order chi connectivity index (χ1) is 19.6. The summed E-state index contributed by atoms with van der Waals surface area (Å²) in [6.45, 7) is 4.70. The second-order valence-corrected chi connectivity index (χ2v) is 11.2. The van der Waals surface area contributed by atoms with E-state index in [1.54, 1.807) is 0 Å². The highest BCUT2D eigenvalue weighted by Crippen LogP contribution is 2.52. The van der Waals surface area contributed by atoms with Gasteiger partial charge < -0.3 is 0 Å². The van der Waals surface area contributed by atoms with Crippen LogP contribution in [-0.2, 0) is 11.8 Å². The van der Waals surface area contributed by atoms with Crippen molar-refractivity contribution in [1.29, 1.82) is 0 Å². The molecule has 0 spiro atoms. The number of allylic oxidation sites excluding steroid dienone is 1. The smallest absolute Gasteiger partial charge is 0.238 e. The van der Waals surface area contributed by atoms with E-state index in [0.717, 1.165) is 24.0 Å². The highest BCUT2D eigenvalue weighted by Gasteiger charge is 2.39. The molecule has 0 aliphatic heterocycles. The maximum absolute atomic E-state index is 5.17. The van der Waals surface area contributed by atoms with E-state index in [-0.39, 0.29) is 5.41 Å². The second kappa shape index (κ2) is 8.59. The van der Waals surface area contributed by atoms with Crippen molar-refractivity contribution in [3.63, 3.8) is 0 Å². The van der Waals surface area contributed by atoms with Crippen LogP contribution >= 0.6 is 0 Å². The zero-order chi connectivity index (χ0) is 26.8. The van der Waals surface area contributed by atoms with E-state index in [2.05, 4.69) is 91.2 Å². The summed E-state index contributed by atoms with van der Waals surface area (Å²) in [5.41, 5.74) is 10.9. The van der Waals surface area contributed by atoms with E-state index in [0.29, 0.717) is 17.6 Å². The molecule has 8 rings (SSSR count). The minimum Gasteiger partial charge on any atom is -0.281 e. The van der Waals surface area contributed by atoms with Gasteiger partial charge in [-0.2, -0.15) is 9.97 Å². The summed E-state index contributed by atoms with van der Waals surface area (Å²) in [7, 11) is 0. The molecule has 192 valence electrons. The molecule has 2 aliphatic carbocycles. The van der Waals surface area contributed by atoms with E-state index in [4.69, 9.17) is 15.0 Å². The third-order valence-corrected chi connectivity index (χ3v) is 8.51. The Bertz CT molecular complexity index is 1910. The topological polar surface area (TPSA) is 43.6 Å². The van der Waals surface area contributed by atoms with Gasteiger partial charge >= 0.3 is 0 Å². The molecule has 2 heterocycles. The molecule has 0 fully saturated rings. The number of hydrogen-bond donors (Lipinski definition) is 0. The molecule has 0 unspecified atom stereocenters. The highest BCUT2D eigenvalue weighted by atomic mass is 15.2. The Morgan fingerprint density at radius 1 is 0.675 bits per heavy atom. The fourth-order valence-electron chi connectivity index (χ4n) is 6.68. The van der Waals surface area contributed by atoms with E-state index >= 15 is 0 Å². The van der Waals surface area contributed by atoms with Crippen LogP contribution in [0.4, 0.5) is 0 Å².